The molecule has 13 heavy (non-hydrogen) atoms. The standard InChI is InChI=1S/C10H16O3/c1-7(9(11)12)8-3-6-10(13-8)4-2-5-10/h7-8H,2-6H2,1H3,(H,11,12)/t7-,8?/m0/s1. The molecular weight excluding hydrogens is 168 g/mol. The molecule has 1 aliphatic carbocycles. The van der Waals surface area contributed by atoms with Crippen molar-refractivity contribution in [1.29, 1.82) is 0 Å². The highest BCUT2D eigenvalue weighted by Crippen LogP contribution is 2.46. The summed E-state index contributed by atoms with van der Waals surface area (Å²) in [6, 6.07) is 0. The third-order valence-corrected chi connectivity index (χ3v) is 3.50. The highest BCUT2D eigenvalue weighted by Gasteiger charge is 2.46. The zero-order chi connectivity index (χ0) is 9.47. The van der Waals surface area contributed by atoms with Gasteiger partial charge in [0, 0.05) is 0 Å². The minimum absolute atomic E-state index is 0.0437. The highest BCUT2D eigenvalue weighted by atomic mass is 16.5. The molecular formula is C10H16O3. The predicted molar refractivity (Wildman–Crippen MR) is 47.5 cm³/mol. The molecule has 0 aromatic rings. The van der Waals surface area contributed by atoms with Crippen LogP contribution < -0.4 is 0 Å². The molecule has 0 aromatic heterocycles. The summed E-state index contributed by atoms with van der Waals surface area (Å²) in [5, 5.41) is 8.82. The lowest BCUT2D eigenvalue weighted by Crippen LogP contribution is -2.38. The summed E-state index contributed by atoms with van der Waals surface area (Å²) < 4.78 is 5.83. The molecule has 2 fully saturated rings. The predicted octanol–water partition coefficient (Wildman–Crippen LogP) is 1.81. The lowest BCUT2D eigenvalue weighted by Gasteiger charge is -2.38. The van der Waals surface area contributed by atoms with E-state index in [1.807, 2.05) is 0 Å². The first kappa shape index (κ1) is 9.00. The summed E-state index contributed by atoms with van der Waals surface area (Å²) in [5.41, 5.74) is 0.0916. The Hall–Kier alpha value is -0.570. The fourth-order valence-electron chi connectivity index (χ4n) is 2.29. The second-order valence-corrected chi connectivity index (χ2v) is 4.36. The first-order valence-corrected chi connectivity index (χ1v) is 5.04. The number of carboxylic acids is 1. The van der Waals surface area contributed by atoms with E-state index in [1.54, 1.807) is 6.92 Å². The summed E-state index contributed by atoms with van der Waals surface area (Å²) in [6.45, 7) is 1.74. The van der Waals surface area contributed by atoms with Gasteiger partial charge in [-0.3, -0.25) is 4.79 Å². The quantitative estimate of drug-likeness (QED) is 0.712. The Labute approximate surface area is 78.1 Å². The lowest BCUT2D eigenvalue weighted by atomic mass is 9.78. The van der Waals surface area contributed by atoms with Crippen molar-refractivity contribution in [2.75, 3.05) is 0 Å². The fraction of sp³-hybridized carbons (Fsp3) is 0.900. The fourth-order valence-corrected chi connectivity index (χ4v) is 2.29. The third kappa shape index (κ3) is 1.46. The number of carbonyl (C=O) groups is 1. The van der Waals surface area contributed by atoms with Crippen LogP contribution in [0.1, 0.15) is 39.0 Å². The van der Waals surface area contributed by atoms with Crippen molar-refractivity contribution in [3.8, 4) is 0 Å². The van der Waals surface area contributed by atoms with Crippen LogP contribution in [-0.4, -0.2) is 22.8 Å². The smallest absolute Gasteiger partial charge is 0.308 e. The van der Waals surface area contributed by atoms with Crippen molar-refractivity contribution in [3.05, 3.63) is 0 Å². The van der Waals surface area contributed by atoms with Gasteiger partial charge in [-0.05, 0) is 39.0 Å². The van der Waals surface area contributed by atoms with Crippen LogP contribution in [0.15, 0.2) is 0 Å². The van der Waals surface area contributed by atoms with E-state index in [9.17, 15) is 4.79 Å². The normalized spacial score (nSPS) is 32.8. The maximum absolute atomic E-state index is 10.7. The second kappa shape index (κ2) is 2.98. The molecule has 0 bridgehead atoms. The van der Waals surface area contributed by atoms with Gasteiger partial charge in [0.25, 0.3) is 0 Å². The van der Waals surface area contributed by atoms with E-state index < -0.39 is 5.97 Å². The van der Waals surface area contributed by atoms with Gasteiger partial charge in [0.1, 0.15) is 0 Å². The summed E-state index contributed by atoms with van der Waals surface area (Å²) in [6.07, 6.45) is 5.46. The Balaban J connectivity index is 1.94. The Bertz CT molecular complexity index is 220. The third-order valence-electron chi connectivity index (χ3n) is 3.50. The molecule has 3 heteroatoms. The first-order chi connectivity index (χ1) is 6.13. The maximum atomic E-state index is 10.7. The van der Waals surface area contributed by atoms with Crippen LogP contribution in [0, 0.1) is 5.92 Å². The number of carboxylic acid groups (broad SMARTS) is 1. The number of rotatable bonds is 2. The van der Waals surface area contributed by atoms with Crippen LogP contribution in [0.3, 0.4) is 0 Å². The summed E-state index contributed by atoms with van der Waals surface area (Å²) >= 11 is 0. The second-order valence-electron chi connectivity index (χ2n) is 4.36. The van der Waals surface area contributed by atoms with E-state index in [0.29, 0.717) is 0 Å². The number of aliphatic carboxylic acids is 1. The number of hydrogen-bond acceptors (Lipinski definition) is 2. The molecule has 2 aliphatic rings. The number of hydrogen-bond donors (Lipinski definition) is 1. The molecule has 1 spiro atoms. The Morgan fingerprint density at radius 3 is 2.62 bits per heavy atom. The van der Waals surface area contributed by atoms with Gasteiger partial charge in [-0.15, -0.1) is 0 Å². The Kier molecular flexibility index (Phi) is 2.06. The zero-order valence-electron chi connectivity index (χ0n) is 7.95. The van der Waals surface area contributed by atoms with Crippen molar-refractivity contribution >= 4 is 5.97 Å². The Morgan fingerprint density at radius 2 is 2.23 bits per heavy atom. The average molecular weight is 184 g/mol. The molecule has 0 aromatic carbocycles. The van der Waals surface area contributed by atoms with Crippen LogP contribution in [0.4, 0.5) is 0 Å². The summed E-state index contributed by atoms with van der Waals surface area (Å²) in [7, 11) is 0. The van der Waals surface area contributed by atoms with Crippen molar-refractivity contribution < 1.29 is 14.6 Å². The van der Waals surface area contributed by atoms with Gasteiger partial charge in [-0.1, -0.05) is 0 Å². The molecule has 1 saturated carbocycles. The average Bonchev–Trinajstić information content (AvgIpc) is 2.45. The molecule has 0 amide bonds. The van der Waals surface area contributed by atoms with Crippen LogP contribution >= 0.6 is 0 Å². The number of ether oxygens (including phenoxy) is 1. The van der Waals surface area contributed by atoms with E-state index in [1.165, 1.54) is 6.42 Å². The zero-order valence-corrected chi connectivity index (χ0v) is 7.95. The molecule has 1 saturated heterocycles. The molecule has 1 unspecified atom stereocenters. The first-order valence-electron chi connectivity index (χ1n) is 5.04. The topological polar surface area (TPSA) is 46.5 Å². The van der Waals surface area contributed by atoms with Crippen LogP contribution in [-0.2, 0) is 9.53 Å². The monoisotopic (exact) mass is 184 g/mol. The highest BCUT2D eigenvalue weighted by molar-refractivity contribution is 5.70. The van der Waals surface area contributed by atoms with E-state index in [0.717, 1.165) is 25.7 Å². The van der Waals surface area contributed by atoms with Gasteiger partial charge >= 0.3 is 5.97 Å². The van der Waals surface area contributed by atoms with Gasteiger partial charge in [-0.2, -0.15) is 0 Å². The van der Waals surface area contributed by atoms with E-state index in [2.05, 4.69) is 0 Å². The maximum Gasteiger partial charge on any atom is 0.308 e. The van der Waals surface area contributed by atoms with Crippen LogP contribution in [0.5, 0.6) is 0 Å². The molecule has 0 radical (unpaired) electrons. The summed E-state index contributed by atoms with van der Waals surface area (Å²) in [4.78, 5) is 10.7. The minimum Gasteiger partial charge on any atom is -0.481 e. The van der Waals surface area contributed by atoms with Gasteiger partial charge in [0.2, 0.25) is 0 Å². The van der Waals surface area contributed by atoms with Crippen molar-refractivity contribution in [3.63, 3.8) is 0 Å². The van der Waals surface area contributed by atoms with E-state index in [-0.39, 0.29) is 17.6 Å². The van der Waals surface area contributed by atoms with Crippen molar-refractivity contribution in [2.24, 2.45) is 5.92 Å². The van der Waals surface area contributed by atoms with Gasteiger partial charge in [0.15, 0.2) is 0 Å². The Morgan fingerprint density at radius 1 is 1.54 bits per heavy atom. The SMILES string of the molecule is C[C@H](C(=O)O)C1CCC2(CCC2)O1. The molecule has 1 heterocycles. The van der Waals surface area contributed by atoms with Crippen molar-refractivity contribution in [2.45, 2.75) is 50.7 Å². The van der Waals surface area contributed by atoms with Crippen molar-refractivity contribution in [1.82, 2.24) is 0 Å². The molecule has 1 aliphatic heterocycles. The van der Waals surface area contributed by atoms with Crippen LogP contribution in [0.2, 0.25) is 0 Å². The molecule has 3 nitrogen and oxygen atoms in total. The largest absolute Gasteiger partial charge is 0.481 e. The molecule has 74 valence electrons. The van der Waals surface area contributed by atoms with Crippen LogP contribution in [0.25, 0.3) is 0 Å². The molecule has 2 atom stereocenters. The van der Waals surface area contributed by atoms with Gasteiger partial charge in [0.05, 0.1) is 17.6 Å². The summed E-state index contributed by atoms with van der Waals surface area (Å²) in [5.74, 6) is -1.08. The van der Waals surface area contributed by atoms with Gasteiger partial charge < -0.3 is 9.84 Å². The lowest BCUT2D eigenvalue weighted by molar-refractivity contribution is -0.152. The minimum atomic E-state index is -0.735. The molecule has 2 rings (SSSR count). The van der Waals surface area contributed by atoms with E-state index >= 15 is 0 Å². The van der Waals surface area contributed by atoms with E-state index in [4.69, 9.17) is 9.84 Å². The van der Waals surface area contributed by atoms with Gasteiger partial charge in [-0.25, -0.2) is 0 Å². The molecule has 1 N–H and O–H groups in total.